The third kappa shape index (κ3) is 3.07. The van der Waals surface area contributed by atoms with Crippen molar-refractivity contribution >= 4 is 44.4 Å². The Morgan fingerprint density at radius 3 is 2.44 bits per heavy atom. The van der Waals surface area contributed by atoms with Gasteiger partial charge in [0.25, 0.3) is 11.8 Å². The van der Waals surface area contributed by atoms with Crippen LogP contribution in [0.15, 0.2) is 54.6 Å². The summed E-state index contributed by atoms with van der Waals surface area (Å²) in [5, 5.41) is 3.88. The number of fused-ring (bicyclic) bond motifs is 6. The Morgan fingerprint density at radius 2 is 1.56 bits per heavy atom. The Bertz CT molecular complexity index is 1390. The average molecular weight is 424 g/mol. The zero-order chi connectivity index (χ0) is 21.7. The minimum atomic E-state index is -0.165. The van der Waals surface area contributed by atoms with Crippen LogP contribution in [-0.2, 0) is 0 Å². The molecule has 1 fully saturated rings. The van der Waals surface area contributed by atoms with Gasteiger partial charge in [0.15, 0.2) is 0 Å². The lowest BCUT2D eigenvalue weighted by molar-refractivity contribution is 0.0646. The van der Waals surface area contributed by atoms with E-state index >= 15 is 0 Å². The first kappa shape index (κ1) is 19.4. The van der Waals surface area contributed by atoms with Crippen LogP contribution in [0.1, 0.15) is 46.4 Å². The number of carbonyl (C=O) groups excluding carboxylic acids is 2. The maximum atomic E-state index is 13.3. The first-order chi connectivity index (χ1) is 15.7. The second kappa shape index (κ2) is 7.68. The number of imide groups is 1. The van der Waals surface area contributed by atoms with Crippen LogP contribution in [0.4, 0.5) is 0 Å². The van der Waals surface area contributed by atoms with Gasteiger partial charge in [-0.15, -0.1) is 0 Å². The molecule has 5 nitrogen and oxygen atoms in total. The lowest BCUT2D eigenvalue weighted by atomic mass is 9.97. The highest BCUT2D eigenvalue weighted by Crippen LogP contribution is 2.35. The van der Waals surface area contributed by atoms with Crippen LogP contribution < -0.4 is 0 Å². The molecule has 0 atom stereocenters. The van der Waals surface area contributed by atoms with Crippen molar-refractivity contribution in [2.45, 2.75) is 25.7 Å². The van der Waals surface area contributed by atoms with Crippen molar-refractivity contribution in [2.75, 3.05) is 26.2 Å². The maximum Gasteiger partial charge on any atom is 0.262 e. The van der Waals surface area contributed by atoms with Crippen molar-refractivity contribution in [3.05, 3.63) is 65.7 Å². The molecule has 2 aliphatic heterocycles. The van der Waals surface area contributed by atoms with Crippen molar-refractivity contribution in [3.8, 4) is 0 Å². The van der Waals surface area contributed by atoms with Crippen molar-refractivity contribution in [1.82, 2.24) is 14.8 Å². The van der Waals surface area contributed by atoms with Crippen LogP contribution in [-0.4, -0.2) is 52.8 Å². The van der Waals surface area contributed by atoms with Crippen molar-refractivity contribution in [3.63, 3.8) is 0 Å². The van der Waals surface area contributed by atoms with Crippen LogP contribution in [0.3, 0.4) is 0 Å². The van der Waals surface area contributed by atoms with Crippen LogP contribution in [0.5, 0.6) is 0 Å². The molecule has 160 valence electrons. The van der Waals surface area contributed by atoms with Gasteiger partial charge in [-0.2, -0.15) is 0 Å². The summed E-state index contributed by atoms with van der Waals surface area (Å²) in [5.74, 6) is -0.329. The smallest absolute Gasteiger partial charge is 0.262 e. The molecule has 0 radical (unpaired) electrons. The second-order valence-corrected chi connectivity index (χ2v) is 8.91. The molecule has 2 amide bonds. The highest BCUT2D eigenvalue weighted by molar-refractivity contribution is 6.28. The van der Waals surface area contributed by atoms with Crippen molar-refractivity contribution in [1.29, 1.82) is 0 Å². The molecule has 4 aromatic rings. The zero-order valence-corrected chi connectivity index (χ0v) is 18.0. The van der Waals surface area contributed by atoms with E-state index in [2.05, 4.69) is 11.0 Å². The summed E-state index contributed by atoms with van der Waals surface area (Å²) in [7, 11) is 0. The summed E-state index contributed by atoms with van der Waals surface area (Å²) >= 11 is 0. The lowest BCUT2D eigenvalue weighted by Gasteiger charge is -2.26. The normalized spacial score (nSPS) is 17.1. The minimum absolute atomic E-state index is 0.164. The van der Waals surface area contributed by atoms with E-state index in [4.69, 9.17) is 4.98 Å². The van der Waals surface area contributed by atoms with Gasteiger partial charge in [0.1, 0.15) is 0 Å². The largest absolute Gasteiger partial charge is 0.303 e. The molecule has 6 rings (SSSR count). The van der Waals surface area contributed by atoms with Gasteiger partial charge in [0.2, 0.25) is 0 Å². The SMILES string of the molecule is O=C1c2ccc3c(ccc4nc5ccccc5cc43)c2C(=O)N1CCCN1CCCCC1. The number of amides is 2. The number of carbonyl (C=O) groups is 2. The number of rotatable bonds is 4. The average Bonchev–Trinajstić information content (AvgIpc) is 3.08. The Balaban J connectivity index is 1.35. The van der Waals surface area contributed by atoms with Gasteiger partial charge in [-0.3, -0.25) is 14.5 Å². The van der Waals surface area contributed by atoms with E-state index in [-0.39, 0.29) is 11.8 Å². The van der Waals surface area contributed by atoms with Gasteiger partial charge in [-0.1, -0.05) is 36.8 Å². The van der Waals surface area contributed by atoms with Gasteiger partial charge in [-0.05, 0) is 73.9 Å². The van der Waals surface area contributed by atoms with Gasteiger partial charge < -0.3 is 4.90 Å². The van der Waals surface area contributed by atoms with E-state index in [0.717, 1.165) is 58.6 Å². The van der Waals surface area contributed by atoms with Crippen molar-refractivity contribution < 1.29 is 9.59 Å². The van der Waals surface area contributed by atoms with Gasteiger partial charge in [0, 0.05) is 17.3 Å². The van der Waals surface area contributed by atoms with E-state index in [1.54, 1.807) is 0 Å². The monoisotopic (exact) mass is 423 g/mol. The van der Waals surface area contributed by atoms with Crippen LogP contribution in [0, 0.1) is 0 Å². The van der Waals surface area contributed by atoms with E-state index < -0.39 is 0 Å². The molecule has 5 heteroatoms. The fourth-order valence-corrected chi connectivity index (χ4v) is 5.28. The molecule has 32 heavy (non-hydrogen) atoms. The summed E-state index contributed by atoms with van der Waals surface area (Å²) in [4.78, 5) is 35.1. The van der Waals surface area contributed by atoms with E-state index in [9.17, 15) is 9.59 Å². The molecule has 3 heterocycles. The number of piperidine rings is 1. The van der Waals surface area contributed by atoms with Crippen molar-refractivity contribution in [2.24, 2.45) is 0 Å². The maximum absolute atomic E-state index is 13.3. The van der Waals surface area contributed by atoms with Crippen LogP contribution in [0.2, 0.25) is 0 Å². The number of pyridine rings is 1. The fraction of sp³-hybridized carbons (Fsp3) is 0.296. The predicted octanol–water partition coefficient (Wildman–Crippen LogP) is 5.01. The molecule has 0 aliphatic carbocycles. The summed E-state index contributed by atoms with van der Waals surface area (Å²) in [6.07, 6.45) is 4.62. The van der Waals surface area contributed by atoms with Gasteiger partial charge in [-0.25, -0.2) is 4.98 Å². The number of nitrogens with zero attached hydrogens (tertiary/aromatic N) is 3. The number of hydrogen-bond donors (Lipinski definition) is 0. The molecule has 0 unspecified atom stereocenters. The van der Waals surface area contributed by atoms with Crippen LogP contribution >= 0.6 is 0 Å². The van der Waals surface area contributed by atoms with Gasteiger partial charge >= 0.3 is 0 Å². The molecular formula is C27H25N3O2. The Hall–Kier alpha value is -3.31. The Morgan fingerprint density at radius 1 is 0.750 bits per heavy atom. The fourth-order valence-electron chi connectivity index (χ4n) is 5.28. The quantitative estimate of drug-likeness (QED) is 0.263. The lowest BCUT2D eigenvalue weighted by Crippen LogP contribution is -2.35. The molecule has 1 aromatic heterocycles. The predicted molar refractivity (Wildman–Crippen MR) is 127 cm³/mol. The number of hydrogen-bond acceptors (Lipinski definition) is 4. The number of benzene rings is 3. The summed E-state index contributed by atoms with van der Waals surface area (Å²) < 4.78 is 0. The first-order valence-corrected chi connectivity index (χ1v) is 11.5. The molecule has 0 saturated carbocycles. The second-order valence-electron chi connectivity index (χ2n) is 8.91. The Kier molecular flexibility index (Phi) is 4.65. The molecule has 1 saturated heterocycles. The summed E-state index contributed by atoms with van der Waals surface area (Å²) in [6.45, 7) is 3.67. The standard InChI is InChI=1S/C27H25N3O2/c31-26-21-10-9-19-20(11-12-24-22(19)17-18-7-2-3-8-23(18)28-24)25(21)27(32)30(26)16-6-15-29-13-4-1-5-14-29/h2-3,7-12,17H,1,4-6,13-16H2. The Labute approximate surface area is 186 Å². The molecule has 0 bridgehead atoms. The van der Waals surface area contributed by atoms with E-state index in [1.165, 1.54) is 24.2 Å². The molecule has 0 spiro atoms. The highest BCUT2D eigenvalue weighted by Gasteiger charge is 2.36. The summed E-state index contributed by atoms with van der Waals surface area (Å²) in [6, 6.07) is 17.9. The number of para-hydroxylation sites is 1. The molecular weight excluding hydrogens is 398 g/mol. The van der Waals surface area contributed by atoms with Crippen LogP contribution in [0.25, 0.3) is 32.6 Å². The molecule has 2 aliphatic rings. The topological polar surface area (TPSA) is 53.5 Å². The molecule has 0 N–H and O–H groups in total. The van der Waals surface area contributed by atoms with E-state index in [0.29, 0.717) is 17.7 Å². The third-order valence-electron chi connectivity index (χ3n) is 6.94. The molecule has 3 aromatic carbocycles. The number of aromatic nitrogens is 1. The minimum Gasteiger partial charge on any atom is -0.303 e. The first-order valence-electron chi connectivity index (χ1n) is 11.5. The highest BCUT2D eigenvalue weighted by atomic mass is 16.2. The number of likely N-dealkylation sites (tertiary alicyclic amines) is 1. The van der Waals surface area contributed by atoms with Gasteiger partial charge in [0.05, 0.1) is 22.2 Å². The zero-order valence-electron chi connectivity index (χ0n) is 18.0. The third-order valence-corrected chi connectivity index (χ3v) is 6.94. The van der Waals surface area contributed by atoms with E-state index in [1.807, 2.05) is 48.5 Å². The summed E-state index contributed by atoms with van der Waals surface area (Å²) in [5.41, 5.74) is 2.91.